The summed E-state index contributed by atoms with van der Waals surface area (Å²) < 4.78 is 5.32. The van der Waals surface area contributed by atoms with Crippen molar-refractivity contribution in [2.24, 2.45) is 0 Å². The van der Waals surface area contributed by atoms with Gasteiger partial charge in [-0.2, -0.15) is 5.26 Å². The van der Waals surface area contributed by atoms with Gasteiger partial charge in [-0.15, -0.1) is 0 Å². The second-order valence-corrected chi connectivity index (χ2v) is 4.80. The molecule has 2 N–H and O–H groups in total. The average molecular weight is 309 g/mol. The van der Waals surface area contributed by atoms with E-state index in [1.807, 2.05) is 25.1 Å². The number of aryl methyl sites for hydroxylation is 1. The third kappa shape index (κ3) is 4.86. The number of hydrazine groups is 1. The summed E-state index contributed by atoms with van der Waals surface area (Å²) in [5.74, 6) is -0.421. The summed E-state index contributed by atoms with van der Waals surface area (Å²) in [6.07, 6.45) is 0. The quantitative estimate of drug-likeness (QED) is 0.841. The Hall–Kier alpha value is -3.33. The van der Waals surface area contributed by atoms with Crippen molar-refractivity contribution in [3.63, 3.8) is 0 Å². The first-order valence-corrected chi connectivity index (χ1v) is 6.87. The number of nitrogens with zero attached hydrogens (tertiary/aromatic N) is 1. The van der Waals surface area contributed by atoms with Gasteiger partial charge in [0.2, 0.25) is 0 Å². The number of ether oxygens (including phenoxy) is 1. The van der Waals surface area contributed by atoms with Gasteiger partial charge in [0.15, 0.2) is 6.61 Å². The van der Waals surface area contributed by atoms with Crippen molar-refractivity contribution in [3.8, 4) is 11.8 Å². The summed E-state index contributed by atoms with van der Waals surface area (Å²) in [4.78, 5) is 23.5. The minimum Gasteiger partial charge on any atom is -0.484 e. The van der Waals surface area contributed by atoms with Gasteiger partial charge < -0.3 is 4.74 Å². The van der Waals surface area contributed by atoms with Crippen molar-refractivity contribution in [2.45, 2.75) is 6.92 Å². The lowest BCUT2D eigenvalue weighted by Gasteiger charge is -2.09. The van der Waals surface area contributed by atoms with Crippen LogP contribution in [0.2, 0.25) is 0 Å². The Labute approximate surface area is 133 Å². The Morgan fingerprint density at radius 2 is 1.91 bits per heavy atom. The molecule has 116 valence electrons. The van der Waals surface area contributed by atoms with Gasteiger partial charge in [-0.1, -0.05) is 18.2 Å². The van der Waals surface area contributed by atoms with Gasteiger partial charge in [0.1, 0.15) is 5.75 Å². The van der Waals surface area contributed by atoms with E-state index in [0.717, 1.165) is 5.56 Å². The van der Waals surface area contributed by atoms with Crippen LogP contribution in [-0.2, 0) is 4.79 Å². The Bertz CT molecular complexity index is 766. The molecule has 2 amide bonds. The minimum atomic E-state index is -0.508. The highest BCUT2D eigenvalue weighted by Gasteiger charge is 2.08. The molecule has 0 saturated heterocycles. The monoisotopic (exact) mass is 309 g/mol. The fourth-order valence-electron chi connectivity index (χ4n) is 1.82. The van der Waals surface area contributed by atoms with E-state index in [2.05, 4.69) is 10.9 Å². The van der Waals surface area contributed by atoms with Crippen LogP contribution in [-0.4, -0.2) is 18.4 Å². The zero-order valence-corrected chi connectivity index (χ0v) is 12.5. The van der Waals surface area contributed by atoms with Gasteiger partial charge in [-0.3, -0.25) is 20.4 Å². The van der Waals surface area contributed by atoms with E-state index in [-0.39, 0.29) is 12.2 Å². The highest BCUT2D eigenvalue weighted by molar-refractivity contribution is 5.95. The molecule has 2 aromatic rings. The molecule has 2 aromatic carbocycles. The second-order valence-electron chi connectivity index (χ2n) is 4.80. The number of nitrogens with one attached hydrogen (secondary N) is 2. The molecule has 0 fully saturated rings. The van der Waals surface area contributed by atoms with Crippen molar-refractivity contribution in [3.05, 3.63) is 65.2 Å². The largest absolute Gasteiger partial charge is 0.484 e. The van der Waals surface area contributed by atoms with Gasteiger partial charge in [0.05, 0.1) is 11.6 Å². The molecule has 0 radical (unpaired) electrons. The maximum Gasteiger partial charge on any atom is 0.276 e. The van der Waals surface area contributed by atoms with E-state index in [1.165, 1.54) is 6.07 Å². The summed E-state index contributed by atoms with van der Waals surface area (Å²) >= 11 is 0. The third-order valence-electron chi connectivity index (χ3n) is 2.93. The molecule has 0 atom stereocenters. The predicted molar refractivity (Wildman–Crippen MR) is 83.4 cm³/mol. The van der Waals surface area contributed by atoms with Gasteiger partial charge in [0.25, 0.3) is 11.8 Å². The number of rotatable bonds is 4. The van der Waals surface area contributed by atoms with Crippen LogP contribution < -0.4 is 15.6 Å². The normalized spacial score (nSPS) is 9.57. The molecule has 2 rings (SSSR count). The number of nitriles is 1. The molecule has 23 heavy (non-hydrogen) atoms. The number of amides is 2. The molecule has 0 aliphatic heterocycles. The van der Waals surface area contributed by atoms with Crippen molar-refractivity contribution >= 4 is 11.8 Å². The topological polar surface area (TPSA) is 91.2 Å². The van der Waals surface area contributed by atoms with Gasteiger partial charge in [-0.05, 0) is 42.8 Å². The zero-order valence-electron chi connectivity index (χ0n) is 12.5. The second kappa shape index (κ2) is 7.61. The fraction of sp³-hybridized carbons (Fsp3) is 0.118. The van der Waals surface area contributed by atoms with Crippen LogP contribution in [0.5, 0.6) is 5.75 Å². The number of hydrogen-bond donors (Lipinski definition) is 2. The van der Waals surface area contributed by atoms with E-state index in [9.17, 15) is 9.59 Å². The lowest BCUT2D eigenvalue weighted by Crippen LogP contribution is -2.43. The Kier molecular flexibility index (Phi) is 5.31. The van der Waals surface area contributed by atoms with Crippen LogP contribution in [0.25, 0.3) is 0 Å². The maximum absolute atomic E-state index is 11.9. The molecule has 0 bridgehead atoms. The zero-order chi connectivity index (χ0) is 16.7. The Morgan fingerprint density at radius 1 is 1.13 bits per heavy atom. The van der Waals surface area contributed by atoms with Crippen LogP contribution in [0, 0.1) is 18.3 Å². The predicted octanol–water partition coefficient (Wildman–Crippen LogP) is 1.71. The number of benzene rings is 2. The van der Waals surface area contributed by atoms with Gasteiger partial charge >= 0.3 is 0 Å². The molecule has 0 heterocycles. The minimum absolute atomic E-state index is 0.220. The summed E-state index contributed by atoms with van der Waals surface area (Å²) in [5.41, 5.74) is 6.20. The number of carbonyl (C=O) groups excluding carboxylic acids is 2. The fourth-order valence-corrected chi connectivity index (χ4v) is 1.82. The molecule has 0 aromatic heterocycles. The van der Waals surface area contributed by atoms with E-state index in [0.29, 0.717) is 11.3 Å². The van der Waals surface area contributed by atoms with Crippen molar-refractivity contribution in [1.82, 2.24) is 10.9 Å². The molecule has 0 saturated carbocycles. The summed E-state index contributed by atoms with van der Waals surface area (Å²) in [5, 5.41) is 8.79. The maximum atomic E-state index is 11.9. The summed E-state index contributed by atoms with van der Waals surface area (Å²) in [7, 11) is 0. The van der Waals surface area contributed by atoms with E-state index >= 15 is 0 Å². The van der Waals surface area contributed by atoms with E-state index in [1.54, 1.807) is 30.3 Å². The van der Waals surface area contributed by atoms with Gasteiger partial charge in [-0.25, -0.2) is 0 Å². The lowest BCUT2D eigenvalue weighted by atomic mass is 10.1. The summed E-state index contributed by atoms with van der Waals surface area (Å²) in [6, 6.07) is 15.4. The third-order valence-corrected chi connectivity index (χ3v) is 2.93. The number of hydrogen-bond acceptors (Lipinski definition) is 4. The van der Waals surface area contributed by atoms with Crippen molar-refractivity contribution < 1.29 is 14.3 Å². The van der Waals surface area contributed by atoms with Crippen molar-refractivity contribution in [2.75, 3.05) is 6.61 Å². The molecule has 0 spiro atoms. The first-order chi connectivity index (χ1) is 11.1. The van der Waals surface area contributed by atoms with Gasteiger partial charge in [0, 0.05) is 5.56 Å². The van der Waals surface area contributed by atoms with Crippen LogP contribution in [0.3, 0.4) is 0 Å². The smallest absolute Gasteiger partial charge is 0.276 e. The highest BCUT2D eigenvalue weighted by atomic mass is 16.5. The Morgan fingerprint density at radius 3 is 2.65 bits per heavy atom. The molecule has 0 aliphatic rings. The summed E-state index contributed by atoms with van der Waals surface area (Å²) in [6.45, 7) is 1.70. The van der Waals surface area contributed by atoms with Crippen LogP contribution >= 0.6 is 0 Å². The molecule has 0 unspecified atom stereocenters. The molecular formula is C17H15N3O3. The molecule has 0 aliphatic carbocycles. The van der Waals surface area contributed by atoms with Crippen LogP contribution in [0.1, 0.15) is 21.5 Å². The van der Waals surface area contributed by atoms with Crippen molar-refractivity contribution in [1.29, 1.82) is 5.26 Å². The Balaban J connectivity index is 1.82. The van der Waals surface area contributed by atoms with E-state index < -0.39 is 11.8 Å². The molecule has 6 nitrogen and oxygen atoms in total. The van der Waals surface area contributed by atoms with Crippen LogP contribution in [0.15, 0.2) is 48.5 Å². The van der Waals surface area contributed by atoms with Crippen LogP contribution in [0.4, 0.5) is 0 Å². The van der Waals surface area contributed by atoms with E-state index in [4.69, 9.17) is 10.00 Å². The standard InChI is InChI=1S/C17H15N3O3/c1-12-4-2-7-15(8-12)23-11-16(21)19-20-17(22)14-6-3-5-13(9-14)10-18/h2-9H,11H2,1H3,(H,19,21)(H,20,22). The SMILES string of the molecule is Cc1cccc(OCC(=O)NNC(=O)c2cccc(C#N)c2)c1. The average Bonchev–Trinajstić information content (AvgIpc) is 2.58. The highest BCUT2D eigenvalue weighted by Crippen LogP contribution is 2.11. The molecule has 6 heteroatoms. The first-order valence-electron chi connectivity index (χ1n) is 6.87. The molecular weight excluding hydrogens is 294 g/mol. The first kappa shape index (κ1) is 16.0. The lowest BCUT2D eigenvalue weighted by molar-refractivity contribution is -0.123. The number of carbonyl (C=O) groups is 2.